The number of carbonyl (C=O) groups excluding carboxylic acids is 1. The second kappa shape index (κ2) is 5.88. The molecule has 0 aliphatic carbocycles. The molecular formula is C13H21NO5. The predicted molar refractivity (Wildman–Crippen MR) is 66.7 cm³/mol. The second-order valence-electron chi connectivity index (χ2n) is 5.20. The summed E-state index contributed by atoms with van der Waals surface area (Å²) < 4.78 is 10.5. The summed E-state index contributed by atoms with van der Waals surface area (Å²) >= 11 is 0. The van der Waals surface area contributed by atoms with Gasteiger partial charge in [-0.15, -0.1) is 0 Å². The molecule has 19 heavy (non-hydrogen) atoms. The van der Waals surface area contributed by atoms with Crippen molar-refractivity contribution < 1.29 is 24.2 Å². The van der Waals surface area contributed by atoms with Gasteiger partial charge < -0.3 is 19.5 Å². The van der Waals surface area contributed by atoms with Gasteiger partial charge in [-0.3, -0.25) is 9.59 Å². The lowest BCUT2D eigenvalue weighted by atomic mass is 9.74. The van der Waals surface area contributed by atoms with Crippen molar-refractivity contribution in [2.24, 2.45) is 11.3 Å². The Balaban J connectivity index is 1.99. The maximum absolute atomic E-state index is 12.0. The summed E-state index contributed by atoms with van der Waals surface area (Å²) in [7, 11) is 0. The van der Waals surface area contributed by atoms with Crippen LogP contribution in [0.3, 0.4) is 0 Å². The van der Waals surface area contributed by atoms with Gasteiger partial charge in [0.2, 0.25) is 5.91 Å². The third kappa shape index (κ3) is 2.74. The lowest BCUT2D eigenvalue weighted by Crippen LogP contribution is -2.45. The monoisotopic (exact) mass is 271 g/mol. The van der Waals surface area contributed by atoms with E-state index >= 15 is 0 Å². The summed E-state index contributed by atoms with van der Waals surface area (Å²) in [6, 6.07) is 0. The smallest absolute Gasteiger partial charge is 0.311 e. The molecule has 108 valence electrons. The SMILES string of the molecule is CCOCCC(=O)N1C[C@H]2COCC[C@@]2(C(=O)O)C1. The summed E-state index contributed by atoms with van der Waals surface area (Å²) in [6.07, 6.45) is 0.805. The molecule has 1 amide bonds. The van der Waals surface area contributed by atoms with Gasteiger partial charge in [-0.2, -0.15) is 0 Å². The van der Waals surface area contributed by atoms with E-state index in [1.807, 2.05) is 6.92 Å². The van der Waals surface area contributed by atoms with E-state index in [-0.39, 0.29) is 11.8 Å². The van der Waals surface area contributed by atoms with Gasteiger partial charge in [0.05, 0.1) is 25.0 Å². The molecule has 0 radical (unpaired) electrons. The fraction of sp³-hybridized carbons (Fsp3) is 0.846. The van der Waals surface area contributed by atoms with Crippen LogP contribution in [-0.2, 0) is 19.1 Å². The van der Waals surface area contributed by atoms with Crippen molar-refractivity contribution in [3.8, 4) is 0 Å². The third-order valence-corrected chi connectivity index (χ3v) is 4.15. The molecule has 0 aromatic rings. The van der Waals surface area contributed by atoms with Crippen LogP contribution in [-0.4, -0.2) is 61.4 Å². The molecule has 2 aliphatic rings. The Hall–Kier alpha value is -1.14. The molecule has 6 nitrogen and oxygen atoms in total. The first kappa shape index (κ1) is 14.3. The third-order valence-electron chi connectivity index (χ3n) is 4.15. The van der Waals surface area contributed by atoms with Crippen molar-refractivity contribution >= 4 is 11.9 Å². The number of fused-ring (bicyclic) bond motifs is 1. The zero-order valence-corrected chi connectivity index (χ0v) is 11.3. The molecule has 6 heteroatoms. The average Bonchev–Trinajstić information content (AvgIpc) is 2.79. The molecule has 0 saturated carbocycles. The highest BCUT2D eigenvalue weighted by atomic mass is 16.5. The summed E-state index contributed by atoms with van der Waals surface area (Å²) in [5.74, 6) is -0.917. The second-order valence-corrected chi connectivity index (χ2v) is 5.20. The van der Waals surface area contributed by atoms with Crippen molar-refractivity contribution in [2.75, 3.05) is 39.5 Å². The maximum Gasteiger partial charge on any atom is 0.311 e. The summed E-state index contributed by atoms with van der Waals surface area (Å²) in [6.45, 7) is 4.55. The van der Waals surface area contributed by atoms with Gasteiger partial charge in [0.1, 0.15) is 0 Å². The highest BCUT2D eigenvalue weighted by molar-refractivity contribution is 5.81. The van der Waals surface area contributed by atoms with Gasteiger partial charge in [-0.05, 0) is 13.3 Å². The van der Waals surface area contributed by atoms with E-state index < -0.39 is 11.4 Å². The van der Waals surface area contributed by atoms with E-state index in [0.29, 0.717) is 52.4 Å². The Bertz CT molecular complexity index is 359. The first-order chi connectivity index (χ1) is 9.10. The number of aliphatic carboxylic acids is 1. The van der Waals surface area contributed by atoms with E-state index in [0.717, 1.165) is 0 Å². The van der Waals surface area contributed by atoms with Crippen LogP contribution in [0.15, 0.2) is 0 Å². The molecule has 0 spiro atoms. The quantitative estimate of drug-likeness (QED) is 0.731. The van der Waals surface area contributed by atoms with E-state index in [9.17, 15) is 14.7 Å². The van der Waals surface area contributed by atoms with Crippen molar-refractivity contribution in [3.05, 3.63) is 0 Å². The fourth-order valence-electron chi connectivity index (χ4n) is 2.95. The first-order valence-corrected chi connectivity index (χ1v) is 6.77. The van der Waals surface area contributed by atoms with Crippen LogP contribution in [0.1, 0.15) is 19.8 Å². The number of likely N-dealkylation sites (tertiary alicyclic amines) is 1. The molecule has 0 bridgehead atoms. The molecule has 0 aromatic heterocycles. The zero-order chi connectivity index (χ0) is 13.9. The minimum atomic E-state index is -0.806. The van der Waals surface area contributed by atoms with Gasteiger partial charge >= 0.3 is 5.97 Å². The summed E-state index contributed by atoms with van der Waals surface area (Å²) in [5.41, 5.74) is -0.806. The van der Waals surface area contributed by atoms with Crippen LogP contribution < -0.4 is 0 Å². The number of ether oxygens (including phenoxy) is 2. The Morgan fingerprint density at radius 1 is 1.53 bits per heavy atom. The predicted octanol–water partition coefficient (Wildman–Crippen LogP) is 0.363. The number of carbonyl (C=O) groups is 2. The maximum atomic E-state index is 12.0. The van der Waals surface area contributed by atoms with Crippen LogP contribution in [0, 0.1) is 11.3 Å². The molecule has 2 heterocycles. The van der Waals surface area contributed by atoms with Crippen molar-refractivity contribution in [3.63, 3.8) is 0 Å². The Labute approximate surface area is 112 Å². The van der Waals surface area contributed by atoms with Crippen LogP contribution >= 0.6 is 0 Å². The van der Waals surface area contributed by atoms with Gasteiger partial charge in [0.25, 0.3) is 0 Å². The fourth-order valence-corrected chi connectivity index (χ4v) is 2.95. The molecule has 2 saturated heterocycles. The largest absolute Gasteiger partial charge is 0.481 e. The minimum Gasteiger partial charge on any atom is -0.481 e. The van der Waals surface area contributed by atoms with Gasteiger partial charge in [-0.1, -0.05) is 0 Å². The molecule has 2 rings (SSSR count). The molecule has 0 aromatic carbocycles. The number of hydrogen-bond acceptors (Lipinski definition) is 4. The highest BCUT2D eigenvalue weighted by Crippen LogP contribution is 2.42. The number of hydrogen-bond donors (Lipinski definition) is 1. The van der Waals surface area contributed by atoms with Crippen molar-refractivity contribution in [1.82, 2.24) is 4.90 Å². The number of carboxylic acid groups (broad SMARTS) is 1. The highest BCUT2D eigenvalue weighted by Gasteiger charge is 2.54. The Morgan fingerprint density at radius 2 is 2.32 bits per heavy atom. The van der Waals surface area contributed by atoms with Crippen LogP contribution in [0.25, 0.3) is 0 Å². The number of carboxylic acids is 1. The minimum absolute atomic E-state index is 0.0246. The number of nitrogens with zero attached hydrogens (tertiary/aromatic N) is 1. The molecule has 0 unspecified atom stereocenters. The Kier molecular flexibility index (Phi) is 4.42. The van der Waals surface area contributed by atoms with Crippen molar-refractivity contribution in [2.45, 2.75) is 19.8 Å². The first-order valence-electron chi connectivity index (χ1n) is 6.77. The van der Waals surface area contributed by atoms with Crippen LogP contribution in [0.4, 0.5) is 0 Å². The molecule has 1 N–H and O–H groups in total. The lowest BCUT2D eigenvalue weighted by Gasteiger charge is -2.33. The number of rotatable bonds is 5. The van der Waals surface area contributed by atoms with Crippen LogP contribution in [0.5, 0.6) is 0 Å². The molecule has 2 fully saturated rings. The average molecular weight is 271 g/mol. The van der Waals surface area contributed by atoms with Gasteiger partial charge in [0.15, 0.2) is 0 Å². The van der Waals surface area contributed by atoms with E-state index in [1.54, 1.807) is 4.90 Å². The molecule has 2 aliphatic heterocycles. The zero-order valence-electron chi connectivity index (χ0n) is 11.3. The van der Waals surface area contributed by atoms with E-state index in [4.69, 9.17) is 9.47 Å². The molecule has 2 atom stereocenters. The van der Waals surface area contributed by atoms with E-state index in [1.165, 1.54) is 0 Å². The van der Waals surface area contributed by atoms with Gasteiger partial charge in [0, 0.05) is 32.2 Å². The summed E-state index contributed by atoms with van der Waals surface area (Å²) in [5, 5.41) is 9.49. The van der Waals surface area contributed by atoms with Gasteiger partial charge in [-0.25, -0.2) is 0 Å². The Morgan fingerprint density at radius 3 is 2.95 bits per heavy atom. The lowest BCUT2D eigenvalue weighted by molar-refractivity contribution is -0.157. The van der Waals surface area contributed by atoms with Crippen molar-refractivity contribution in [1.29, 1.82) is 0 Å². The normalized spacial score (nSPS) is 30.2. The standard InChI is InChI=1S/C13H21NO5/c1-2-18-5-3-11(15)14-7-10-8-19-6-4-13(10,9-14)12(16)17/h10H,2-9H2,1H3,(H,16,17)/t10-,13+/m0/s1. The molecular weight excluding hydrogens is 250 g/mol. The summed E-state index contributed by atoms with van der Waals surface area (Å²) in [4.78, 5) is 25.3. The topological polar surface area (TPSA) is 76.1 Å². The van der Waals surface area contributed by atoms with E-state index in [2.05, 4.69) is 0 Å². The number of amides is 1. The van der Waals surface area contributed by atoms with Crippen LogP contribution in [0.2, 0.25) is 0 Å².